The lowest BCUT2D eigenvalue weighted by atomic mass is 9.89. The summed E-state index contributed by atoms with van der Waals surface area (Å²) in [7, 11) is -2.62. The molecule has 2 aromatic rings. The van der Waals surface area contributed by atoms with Crippen molar-refractivity contribution in [3.8, 4) is 11.5 Å². The minimum Gasteiger partial charge on any atom is -0.508 e. The highest BCUT2D eigenvalue weighted by Crippen LogP contribution is 2.29. The summed E-state index contributed by atoms with van der Waals surface area (Å²) in [6.45, 7) is 2.13. The summed E-state index contributed by atoms with van der Waals surface area (Å²) < 4.78 is 0. The standard InChI is InChI=1S/C15H16O2.H3O3P/c1-2-15(11-3-7-13(16)8-4-11)12-5-9-14(17)10-6-12;1-4(2)3/h3-10,15-17H,2H2,1H3;1-3H. The molecule has 2 rings (SSSR count). The van der Waals surface area contributed by atoms with E-state index in [1.54, 1.807) is 24.3 Å². The van der Waals surface area contributed by atoms with Gasteiger partial charge in [0.15, 0.2) is 0 Å². The Morgan fingerprint density at radius 1 is 0.762 bits per heavy atom. The molecule has 0 amide bonds. The maximum absolute atomic E-state index is 9.29. The molecule has 5 nitrogen and oxygen atoms in total. The van der Waals surface area contributed by atoms with E-state index in [-0.39, 0.29) is 11.5 Å². The lowest BCUT2D eigenvalue weighted by molar-refractivity contribution is 0.368. The Kier molecular flexibility index (Phi) is 7.12. The maximum Gasteiger partial charge on any atom is 0.324 e. The number of aromatic hydroxyl groups is 2. The van der Waals surface area contributed by atoms with Gasteiger partial charge in [0.1, 0.15) is 11.5 Å². The Balaban J connectivity index is 0.000000491. The summed E-state index contributed by atoms with van der Waals surface area (Å²) >= 11 is 0. The molecular weight excluding hydrogens is 291 g/mol. The second-order valence-electron chi connectivity index (χ2n) is 4.41. The van der Waals surface area contributed by atoms with Gasteiger partial charge in [0.25, 0.3) is 0 Å². The van der Waals surface area contributed by atoms with Crippen LogP contribution in [0.15, 0.2) is 48.5 Å². The van der Waals surface area contributed by atoms with Gasteiger partial charge in [0.05, 0.1) is 0 Å². The van der Waals surface area contributed by atoms with Crippen molar-refractivity contribution < 1.29 is 24.9 Å². The number of phenolic OH excluding ortho intramolecular Hbond substituents is 2. The molecule has 0 aromatic heterocycles. The molecule has 2 aromatic carbocycles. The largest absolute Gasteiger partial charge is 0.508 e. The minimum absolute atomic E-state index is 0.286. The zero-order valence-electron chi connectivity index (χ0n) is 11.6. The van der Waals surface area contributed by atoms with E-state index in [2.05, 4.69) is 6.92 Å². The molecule has 0 spiro atoms. The topological polar surface area (TPSA) is 101 Å². The van der Waals surface area contributed by atoms with Crippen LogP contribution in [-0.4, -0.2) is 24.9 Å². The Labute approximate surface area is 124 Å². The molecule has 0 aliphatic heterocycles. The first kappa shape index (κ1) is 17.4. The van der Waals surface area contributed by atoms with Crippen LogP contribution in [0.3, 0.4) is 0 Å². The van der Waals surface area contributed by atoms with E-state index in [1.165, 1.54) is 11.1 Å². The molecule has 0 heterocycles. The Hall–Kier alpha value is -1.65. The van der Waals surface area contributed by atoms with Crippen molar-refractivity contribution in [2.75, 3.05) is 0 Å². The molecule has 21 heavy (non-hydrogen) atoms. The predicted octanol–water partition coefficient (Wildman–Crippen LogP) is 2.83. The van der Waals surface area contributed by atoms with Crippen molar-refractivity contribution in [1.82, 2.24) is 0 Å². The number of hydrogen-bond acceptors (Lipinski definition) is 5. The number of phenols is 2. The predicted molar refractivity (Wildman–Crippen MR) is 81.9 cm³/mol. The molecule has 5 N–H and O–H groups in total. The molecule has 0 bridgehead atoms. The molecule has 0 saturated heterocycles. The van der Waals surface area contributed by atoms with Crippen molar-refractivity contribution in [3.05, 3.63) is 59.7 Å². The fourth-order valence-corrected chi connectivity index (χ4v) is 2.08. The molecule has 0 unspecified atom stereocenters. The first-order chi connectivity index (χ1) is 9.93. The van der Waals surface area contributed by atoms with E-state index in [9.17, 15) is 10.2 Å². The molecule has 0 aliphatic carbocycles. The smallest absolute Gasteiger partial charge is 0.324 e. The molecule has 0 aliphatic rings. The normalized spacial score (nSPS) is 10.4. The maximum atomic E-state index is 9.29. The van der Waals surface area contributed by atoms with Gasteiger partial charge in [-0.25, -0.2) is 0 Å². The van der Waals surface area contributed by atoms with Crippen LogP contribution in [-0.2, 0) is 0 Å². The zero-order chi connectivity index (χ0) is 15.8. The van der Waals surface area contributed by atoms with Crippen LogP contribution in [0.25, 0.3) is 0 Å². The lowest BCUT2D eigenvalue weighted by Crippen LogP contribution is -1.98. The number of hydrogen-bond donors (Lipinski definition) is 5. The summed E-state index contributed by atoms with van der Waals surface area (Å²) in [6, 6.07) is 14.6. The highest BCUT2D eigenvalue weighted by Gasteiger charge is 2.11. The van der Waals surface area contributed by atoms with E-state index in [1.807, 2.05) is 24.3 Å². The third-order valence-corrected chi connectivity index (χ3v) is 3.00. The summed E-state index contributed by atoms with van der Waals surface area (Å²) in [5.74, 6) is 0.875. The highest BCUT2D eigenvalue weighted by molar-refractivity contribution is 7.38. The van der Waals surface area contributed by atoms with Crippen molar-refractivity contribution in [1.29, 1.82) is 0 Å². The van der Waals surface area contributed by atoms with Crippen molar-refractivity contribution in [3.63, 3.8) is 0 Å². The SMILES string of the molecule is CCC(c1ccc(O)cc1)c1ccc(O)cc1.OP(O)O. The zero-order valence-corrected chi connectivity index (χ0v) is 12.5. The third kappa shape index (κ3) is 6.10. The molecule has 0 atom stereocenters. The first-order valence-corrected chi connectivity index (χ1v) is 7.58. The molecule has 0 radical (unpaired) electrons. The quantitative estimate of drug-likeness (QED) is 0.561. The second-order valence-corrected chi connectivity index (χ2v) is 4.95. The van der Waals surface area contributed by atoms with Gasteiger partial charge in [0.2, 0.25) is 0 Å². The summed E-state index contributed by atoms with van der Waals surface area (Å²) in [5, 5.41) is 18.6. The average Bonchev–Trinajstić information content (AvgIpc) is 2.43. The van der Waals surface area contributed by atoms with Gasteiger partial charge in [-0.05, 0) is 41.8 Å². The monoisotopic (exact) mass is 310 g/mol. The second kappa shape index (κ2) is 8.60. The van der Waals surface area contributed by atoms with E-state index in [0.717, 1.165) is 6.42 Å². The van der Waals surface area contributed by atoms with Gasteiger partial charge in [-0.2, -0.15) is 0 Å². The minimum atomic E-state index is -2.62. The van der Waals surface area contributed by atoms with Gasteiger partial charge in [-0.3, -0.25) is 0 Å². The summed E-state index contributed by atoms with van der Waals surface area (Å²) in [5.41, 5.74) is 2.35. The number of rotatable bonds is 3. The van der Waals surface area contributed by atoms with Gasteiger partial charge in [-0.1, -0.05) is 31.2 Å². The third-order valence-electron chi connectivity index (χ3n) is 3.00. The van der Waals surface area contributed by atoms with Crippen LogP contribution in [0.2, 0.25) is 0 Å². The van der Waals surface area contributed by atoms with Crippen LogP contribution >= 0.6 is 8.60 Å². The fraction of sp³-hybridized carbons (Fsp3) is 0.200. The van der Waals surface area contributed by atoms with Gasteiger partial charge >= 0.3 is 8.60 Å². The van der Waals surface area contributed by atoms with Crippen molar-refractivity contribution in [2.45, 2.75) is 19.3 Å². The highest BCUT2D eigenvalue weighted by atomic mass is 31.2. The molecule has 0 fully saturated rings. The average molecular weight is 310 g/mol. The van der Waals surface area contributed by atoms with Gasteiger partial charge in [-0.15, -0.1) is 0 Å². The van der Waals surface area contributed by atoms with Crippen LogP contribution in [0.4, 0.5) is 0 Å². The van der Waals surface area contributed by atoms with E-state index < -0.39 is 8.60 Å². The fourth-order valence-electron chi connectivity index (χ4n) is 2.08. The Morgan fingerprint density at radius 2 is 1.05 bits per heavy atom. The molecule has 6 heteroatoms. The Morgan fingerprint density at radius 3 is 1.29 bits per heavy atom. The van der Waals surface area contributed by atoms with Crippen molar-refractivity contribution in [2.24, 2.45) is 0 Å². The molecular formula is C15H19O5P. The van der Waals surface area contributed by atoms with Crippen LogP contribution in [0, 0.1) is 0 Å². The van der Waals surface area contributed by atoms with Gasteiger partial charge in [0, 0.05) is 5.92 Å². The van der Waals surface area contributed by atoms with E-state index in [0.29, 0.717) is 5.92 Å². The van der Waals surface area contributed by atoms with Crippen LogP contribution in [0.5, 0.6) is 11.5 Å². The first-order valence-electron chi connectivity index (χ1n) is 6.38. The summed E-state index contributed by atoms with van der Waals surface area (Å²) in [6.07, 6.45) is 0.982. The lowest BCUT2D eigenvalue weighted by Gasteiger charge is -2.16. The van der Waals surface area contributed by atoms with Crippen LogP contribution < -0.4 is 0 Å². The Bertz CT molecular complexity index is 477. The van der Waals surface area contributed by atoms with E-state index in [4.69, 9.17) is 14.7 Å². The molecule has 0 saturated carbocycles. The summed E-state index contributed by atoms with van der Waals surface area (Å²) in [4.78, 5) is 21.7. The van der Waals surface area contributed by atoms with Crippen molar-refractivity contribution >= 4 is 8.60 Å². The molecule has 114 valence electrons. The van der Waals surface area contributed by atoms with E-state index >= 15 is 0 Å². The van der Waals surface area contributed by atoms with Crippen LogP contribution in [0.1, 0.15) is 30.4 Å². The van der Waals surface area contributed by atoms with Gasteiger partial charge < -0.3 is 24.9 Å². The number of benzene rings is 2.